The molecule has 2 aromatic rings. The summed E-state index contributed by atoms with van der Waals surface area (Å²) in [5, 5.41) is 21.1. The monoisotopic (exact) mass is 364 g/mol. The number of amides is 1. The summed E-state index contributed by atoms with van der Waals surface area (Å²) >= 11 is 0. The first kappa shape index (κ1) is 17.5. The number of aromatic hydroxyl groups is 1. The van der Waals surface area contributed by atoms with Crippen molar-refractivity contribution in [1.29, 1.82) is 0 Å². The van der Waals surface area contributed by atoms with Crippen molar-refractivity contribution < 1.29 is 23.4 Å². The van der Waals surface area contributed by atoms with E-state index < -0.39 is 16.1 Å². The van der Waals surface area contributed by atoms with E-state index in [1.54, 1.807) is 13.0 Å². The maximum absolute atomic E-state index is 12.0. The molecule has 25 heavy (non-hydrogen) atoms. The molecule has 0 aromatic heterocycles. The molecule has 2 aromatic carbocycles. The number of nitrogens with one attached hydrogen (secondary N) is 1. The smallest absolute Gasteiger partial charge is 0.326 e. The van der Waals surface area contributed by atoms with Gasteiger partial charge in [-0.05, 0) is 54.7 Å². The number of rotatable bonds is 5. The lowest BCUT2D eigenvalue weighted by molar-refractivity contribution is -0.117. The zero-order chi connectivity index (χ0) is 18.2. The summed E-state index contributed by atoms with van der Waals surface area (Å²) < 4.78 is 26.7. The van der Waals surface area contributed by atoms with Gasteiger partial charge in [-0.25, -0.2) is 9.03 Å². The molecule has 1 saturated heterocycles. The van der Waals surface area contributed by atoms with E-state index in [0.29, 0.717) is 6.42 Å². The third-order valence-electron chi connectivity index (χ3n) is 4.17. The number of aryl methyl sites for hydroxylation is 1. The van der Waals surface area contributed by atoms with E-state index in [0.717, 1.165) is 33.5 Å². The summed E-state index contributed by atoms with van der Waals surface area (Å²) in [5.74, 6) is -0.833. The van der Waals surface area contributed by atoms with Gasteiger partial charge in [0.15, 0.2) is 0 Å². The van der Waals surface area contributed by atoms with Crippen LogP contribution in [0, 0.1) is 0 Å². The van der Waals surface area contributed by atoms with Crippen molar-refractivity contribution in [3.8, 4) is 5.75 Å². The van der Waals surface area contributed by atoms with Crippen LogP contribution in [-0.4, -0.2) is 37.2 Å². The summed E-state index contributed by atoms with van der Waals surface area (Å²) in [7, 11) is -3.97. The highest BCUT2D eigenvalue weighted by atomic mass is 32.2. The summed E-state index contributed by atoms with van der Waals surface area (Å²) in [5.41, 5.74) is 1.13. The van der Waals surface area contributed by atoms with E-state index in [-0.39, 0.29) is 24.1 Å². The zero-order valence-electron chi connectivity index (χ0n) is 13.8. The number of fused-ring (bicyclic) bond motifs is 1. The number of hydrogen-bond donors (Lipinski definition) is 3. The first-order valence-corrected chi connectivity index (χ1v) is 9.47. The molecule has 7 nitrogen and oxygen atoms in total. The minimum Gasteiger partial charge on any atom is -0.506 e. The molecular weight excluding hydrogens is 344 g/mol. The highest BCUT2D eigenvalue weighted by Gasteiger charge is 2.35. The molecule has 0 spiro atoms. The zero-order valence-corrected chi connectivity index (χ0v) is 14.6. The Kier molecular flexibility index (Phi) is 4.57. The molecule has 1 heterocycles. The lowest BCUT2D eigenvalue weighted by atomic mass is 10.0. The third kappa shape index (κ3) is 3.69. The molecule has 0 saturated carbocycles. The van der Waals surface area contributed by atoms with E-state index in [1.165, 1.54) is 6.07 Å². The van der Waals surface area contributed by atoms with Crippen molar-refractivity contribution in [2.24, 2.45) is 0 Å². The van der Waals surface area contributed by atoms with Crippen molar-refractivity contribution >= 4 is 32.6 Å². The van der Waals surface area contributed by atoms with Gasteiger partial charge in [0.1, 0.15) is 12.3 Å². The van der Waals surface area contributed by atoms with Crippen LogP contribution < -0.4 is 9.03 Å². The topological polar surface area (TPSA) is 107 Å². The van der Waals surface area contributed by atoms with E-state index in [2.05, 4.69) is 0 Å². The predicted molar refractivity (Wildman–Crippen MR) is 94.6 cm³/mol. The van der Waals surface area contributed by atoms with Gasteiger partial charge in [-0.1, -0.05) is 18.2 Å². The van der Waals surface area contributed by atoms with Crippen molar-refractivity contribution in [1.82, 2.24) is 4.72 Å². The van der Waals surface area contributed by atoms with Gasteiger partial charge in [-0.15, -0.1) is 0 Å². The first-order chi connectivity index (χ1) is 11.8. The van der Waals surface area contributed by atoms with Crippen LogP contribution in [0.3, 0.4) is 0 Å². The van der Waals surface area contributed by atoms with Gasteiger partial charge in [0.25, 0.3) is 5.91 Å². The molecule has 1 aliphatic heterocycles. The number of phenolic OH excluding ortho intramolecular Hbond substituents is 1. The van der Waals surface area contributed by atoms with Crippen molar-refractivity contribution in [3.63, 3.8) is 0 Å². The van der Waals surface area contributed by atoms with Crippen LogP contribution in [0.4, 0.5) is 5.69 Å². The molecule has 3 rings (SSSR count). The highest BCUT2D eigenvalue weighted by molar-refractivity contribution is 7.92. The first-order valence-electron chi connectivity index (χ1n) is 8.03. The van der Waals surface area contributed by atoms with Gasteiger partial charge >= 0.3 is 10.2 Å². The summed E-state index contributed by atoms with van der Waals surface area (Å²) in [6.45, 7) is 1.40. The Morgan fingerprint density at radius 2 is 2.00 bits per heavy atom. The van der Waals surface area contributed by atoms with E-state index in [4.69, 9.17) is 0 Å². The molecule has 8 heteroatoms. The van der Waals surface area contributed by atoms with Gasteiger partial charge in [0, 0.05) is 0 Å². The summed E-state index contributed by atoms with van der Waals surface area (Å²) in [6, 6.07) is 8.79. The van der Waals surface area contributed by atoms with Crippen LogP contribution >= 0.6 is 0 Å². The molecule has 0 aliphatic carbocycles. The van der Waals surface area contributed by atoms with Crippen LogP contribution in [0.5, 0.6) is 5.75 Å². The molecule has 1 aliphatic rings. The number of hydrogen-bond acceptors (Lipinski definition) is 5. The summed E-state index contributed by atoms with van der Waals surface area (Å²) in [6.07, 6.45) is 2.00. The Labute approximate surface area is 146 Å². The van der Waals surface area contributed by atoms with Gasteiger partial charge in [-0.3, -0.25) is 4.79 Å². The number of aliphatic hydroxyl groups is 1. The van der Waals surface area contributed by atoms with E-state index >= 15 is 0 Å². The second-order valence-corrected chi connectivity index (χ2v) is 7.90. The number of aliphatic hydroxyl groups excluding tert-OH is 1. The van der Waals surface area contributed by atoms with Crippen LogP contribution in [0.1, 0.15) is 25.3 Å². The molecule has 1 fully saturated rings. The Hall–Kier alpha value is -2.32. The largest absolute Gasteiger partial charge is 0.506 e. The van der Waals surface area contributed by atoms with E-state index in [1.807, 2.05) is 22.9 Å². The number of nitrogens with zero attached hydrogens (tertiary/aromatic N) is 1. The van der Waals surface area contributed by atoms with Crippen LogP contribution in [0.15, 0.2) is 30.3 Å². The standard InChI is InChI=1S/C17H20N2O5S/c1-11(20)3-2-4-12-5-6-13-9-16(21)15(8-14(13)7-12)19-10-17(22)18-25(19,23)24/h5-9,11,20-21H,2-4,10H2,1H3,(H,18,22)/t11-/m0/s1. The Morgan fingerprint density at radius 3 is 2.64 bits per heavy atom. The highest BCUT2D eigenvalue weighted by Crippen LogP contribution is 2.35. The Morgan fingerprint density at radius 1 is 1.24 bits per heavy atom. The average Bonchev–Trinajstić information content (AvgIpc) is 2.79. The predicted octanol–water partition coefficient (Wildman–Crippen LogP) is 1.43. The maximum atomic E-state index is 12.0. The van der Waals surface area contributed by atoms with Crippen molar-refractivity contribution in [2.45, 2.75) is 32.3 Å². The molecule has 134 valence electrons. The maximum Gasteiger partial charge on any atom is 0.326 e. The van der Waals surface area contributed by atoms with Gasteiger partial charge in [0.05, 0.1) is 11.8 Å². The van der Waals surface area contributed by atoms with Gasteiger partial charge < -0.3 is 10.2 Å². The Bertz CT molecular complexity index is 924. The second kappa shape index (κ2) is 6.53. The summed E-state index contributed by atoms with van der Waals surface area (Å²) in [4.78, 5) is 11.4. The minimum atomic E-state index is -3.97. The molecule has 1 amide bonds. The van der Waals surface area contributed by atoms with Gasteiger partial charge in [0.2, 0.25) is 0 Å². The van der Waals surface area contributed by atoms with Crippen LogP contribution in [0.25, 0.3) is 10.8 Å². The molecular formula is C17H20N2O5S. The lowest BCUT2D eigenvalue weighted by Gasteiger charge is -2.17. The van der Waals surface area contributed by atoms with Crippen molar-refractivity contribution in [3.05, 3.63) is 35.9 Å². The fraction of sp³-hybridized carbons (Fsp3) is 0.353. The number of phenols is 1. The molecule has 0 bridgehead atoms. The third-order valence-corrected chi connectivity index (χ3v) is 5.57. The number of benzene rings is 2. The van der Waals surface area contributed by atoms with E-state index in [9.17, 15) is 23.4 Å². The van der Waals surface area contributed by atoms with Crippen LogP contribution in [0.2, 0.25) is 0 Å². The van der Waals surface area contributed by atoms with Gasteiger partial charge in [-0.2, -0.15) is 8.42 Å². The minimum absolute atomic E-state index is 0.0759. The number of carbonyl (C=O) groups excluding carboxylic acids is 1. The molecule has 0 radical (unpaired) electrons. The fourth-order valence-electron chi connectivity index (χ4n) is 2.94. The van der Waals surface area contributed by atoms with Crippen molar-refractivity contribution in [2.75, 3.05) is 10.8 Å². The lowest BCUT2D eigenvalue weighted by Crippen LogP contribution is -2.29. The normalized spacial score (nSPS) is 17.7. The SMILES string of the molecule is C[C@H](O)CCCc1ccc2cc(O)c(N3CC(=O)NS3(=O)=O)cc2c1. The number of carbonyl (C=O) groups is 1. The van der Waals surface area contributed by atoms with Crippen LogP contribution in [-0.2, 0) is 21.4 Å². The average molecular weight is 364 g/mol. The molecule has 1 atom stereocenters. The Balaban J connectivity index is 1.95. The number of anilines is 1. The second-order valence-electron chi connectivity index (χ2n) is 6.30. The quantitative estimate of drug-likeness (QED) is 0.744. The molecule has 0 unspecified atom stereocenters. The fourth-order valence-corrected chi connectivity index (χ4v) is 4.10. The molecule has 3 N–H and O–H groups in total.